The molecule has 2 nitrogen and oxygen atoms in total. The normalized spacial score (nSPS) is 43.0. The Morgan fingerprint density at radius 1 is 1.33 bits per heavy atom. The monoisotopic (exact) mass is 172 g/mol. The Hall–Kier alpha value is -0.0800. The summed E-state index contributed by atoms with van der Waals surface area (Å²) in [4.78, 5) is 0. The van der Waals surface area contributed by atoms with E-state index in [1.807, 2.05) is 6.92 Å². The summed E-state index contributed by atoms with van der Waals surface area (Å²) in [5.74, 6) is 1.15. The third-order valence-electron chi connectivity index (χ3n) is 2.72. The van der Waals surface area contributed by atoms with E-state index >= 15 is 0 Å². The second-order valence-corrected chi connectivity index (χ2v) is 4.04. The van der Waals surface area contributed by atoms with Crippen molar-refractivity contribution in [2.24, 2.45) is 11.8 Å². The summed E-state index contributed by atoms with van der Waals surface area (Å²) in [6.45, 7) is 7.05. The van der Waals surface area contributed by atoms with Crippen LogP contribution in [-0.2, 0) is 4.74 Å². The minimum absolute atomic E-state index is 0.0752. The van der Waals surface area contributed by atoms with Crippen molar-refractivity contribution in [1.82, 2.24) is 0 Å². The molecule has 0 spiro atoms. The lowest BCUT2D eigenvalue weighted by molar-refractivity contribution is -0.0921. The summed E-state index contributed by atoms with van der Waals surface area (Å²) in [6.07, 6.45) is 1.91. The van der Waals surface area contributed by atoms with Crippen molar-refractivity contribution < 1.29 is 9.84 Å². The van der Waals surface area contributed by atoms with Gasteiger partial charge in [-0.1, -0.05) is 13.8 Å². The van der Waals surface area contributed by atoms with Crippen LogP contribution in [0, 0.1) is 11.8 Å². The predicted octanol–water partition coefficient (Wildman–Crippen LogP) is 1.82. The molecule has 0 heterocycles. The predicted molar refractivity (Wildman–Crippen MR) is 49.0 cm³/mol. The van der Waals surface area contributed by atoms with Gasteiger partial charge >= 0.3 is 0 Å². The van der Waals surface area contributed by atoms with Crippen molar-refractivity contribution in [2.75, 3.05) is 6.61 Å². The van der Waals surface area contributed by atoms with E-state index in [9.17, 15) is 5.11 Å². The van der Waals surface area contributed by atoms with E-state index in [1.54, 1.807) is 0 Å². The third kappa shape index (κ3) is 2.20. The molecule has 0 aliphatic heterocycles. The van der Waals surface area contributed by atoms with Gasteiger partial charge in [0.05, 0.1) is 12.2 Å². The summed E-state index contributed by atoms with van der Waals surface area (Å²) in [5.41, 5.74) is 0. The van der Waals surface area contributed by atoms with Crippen LogP contribution in [0.1, 0.15) is 33.6 Å². The Kier molecular flexibility index (Phi) is 3.53. The number of ether oxygens (including phenoxy) is 1. The van der Waals surface area contributed by atoms with E-state index in [1.165, 1.54) is 6.42 Å². The van der Waals surface area contributed by atoms with Crippen LogP contribution in [0.3, 0.4) is 0 Å². The molecule has 1 aliphatic rings. The third-order valence-corrected chi connectivity index (χ3v) is 2.72. The molecular weight excluding hydrogens is 152 g/mol. The Morgan fingerprint density at radius 3 is 2.50 bits per heavy atom. The molecule has 4 atom stereocenters. The van der Waals surface area contributed by atoms with Gasteiger partial charge in [-0.15, -0.1) is 0 Å². The van der Waals surface area contributed by atoms with Crippen LogP contribution in [-0.4, -0.2) is 23.9 Å². The summed E-state index contributed by atoms with van der Waals surface area (Å²) in [5, 5.41) is 9.72. The summed E-state index contributed by atoms with van der Waals surface area (Å²) >= 11 is 0. The van der Waals surface area contributed by atoms with Gasteiger partial charge in [-0.2, -0.15) is 0 Å². The van der Waals surface area contributed by atoms with Gasteiger partial charge in [-0.3, -0.25) is 0 Å². The second kappa shape index (κ2) is 4.24. The van der Waals surface area contributed by atoms with Crippen molar-refractivity contribution in [2.45, 2.75) is 45.8 Å². The molecule has 1 N–H and O–H groups in total. The van der Waals surface area contributed by atoms with Crippen LogP contribution in [0.2, 0.25) is 0 Å². The molecule has 2 heteroatoms. The lowest BCUT2D eigenvalue weighted by Crippen LogP contribution is -2.41. The highest BCUT2D eigenvalue weighted by Crippen LogP contribution is 2.30. The first-order chi connectivity index (χ1) is 5.65. The van der Waals surface area contributed by atoms with Gasteiger partial charge in [0.1, 0.15) is 0 Å². The first kappa shape index (κ1) is 10.0. The quantitative estimate of drug-likeness (QED) is 0.688. The average molecular weight is 172 g/mol. The van der Waals surface area contributed by atoms with Crippen LogP contribution < -0.4 is 0 Å². The van der Waals surface area contributed by atoms with Gasteiger partial charge in [-0.05, 0) is 31.6 Å². The SMILES string of the molecule is CCOC1C(C)CC(C)CC1O. The molecular formula is C10H20O2. The molecule has 0 amide bonds. The Labute approximate surface area is 74.9 Å². The van der Waals surface area contributed by atoms with Crippen LogP contribution in [0.4, 0.5) is 0 Å². The number of aliphatic hydroxyl groups excluding tert-OH is 1. The van der Waals surface area contributed by atoms with Crippen LogP contribution in [0.5, 0.6) is 0 Å². The van der Waals surface area contributed by atoms with Crippen LogP contribution in [0.25, 0.3) is 0 Å². The minimum Gasteiger partial charge on any atom is -0.390 e. The fraction of sp³-hybridized carbons (Fsp3) is 1.00. The van der Waals surface area contributed by atoms with Crippen molar-refractivity contribution >= 4 is 0 Å². The van der Waals surface area contributed by atoms with Crippen molar-refractivity contribution in [3.63, 3.8) is 0 Å². The molecule has 1 rings (SSSR count). The van der Waals surface area contributed by atoms with E-state index in [2.05, 4.69) is 13.8 Å². The number of aliphatic hydroxyl groups is 1. The zero-order valence-electron chi connectivity index (χ0n) is 8.29. The lowest BCUT2D eigenvalue weighted by Gasteiger charge is -2.36. The molecule has 1 fully saturated rings. The van der Waals surface area contributed by atoms with Gasteiger partial charge in [-0.25, -0.2) is 0 Å². The average Bonchev–Trinajstić information content (AvgIpc) is 1.96. The maximum absolute atomic E-state index is 9.72. The molecule has 12 heavy (non-hydrogen) atoms. The first-order valence-electron chi connectivity index (χ1n) is 4.94. The molecule has 0 aromatic carbocycles. The number of hydrogen-bond acceptors (Lipinski definition) is 2. The second-order valence-electron chi connectivity index (χ2n) is 4.04. The van der Waals surface area contributed by atoms with Gasteiger partial charge < -0.3 is 9.84 Å². The molecule has 1 aliphatic carbocycles. The molecule has 0 radical (unpaired) electrons. The highest BCUT2D eigenvalue weighted by molar-refractivity contribution is 4.83. The van der Waals surface area contributed by atoms with Gasteiger partial charge in [0.15, 0.2) is 0 Å². The van der Waals surface area contributed by atoms with Gasteiger partial charge in [0.25, 0.3) is 0 Å². The molecule has 1 saturated carbocycles. The van der Waals surface area contributed by atoms with Crippen LogP contribution in [0.15, 0.2) is 0 Å². The van der Waals surface area contributed by atoms with Gasteiger partial charge in [0.2, 0.25) is 0 Å². The molecule has 4 unspecified atom stereocenters. The Bertz CT molecular complexity index is 124. The molecule has 0 bridgehead atoms. The van der Waals surface area contributed by atoms with Crippen LogP contribution >= 0.6 is 0 Å². The van der Waals surface area contributed by atoms with E-state index in [-0.39, 0.29) is 12.2 Å². The maximum Gasteiger partial charge on any atom is 0.0859 e. The largest absolute Gasteiger partial charge is 0.390 e. The molecule has 0 aromatic rings. The van der Waals surface area contributed by atoms with Crippen molar-refractivity contribution in [3.8, 4) is 0 Å². The summed E-state index contributed by atoms with van der Waals surface area (Å²) in [6, 6.07) is 0. The maximum atomic E-state index is 9.72. The zero-order valence-corrected chi connectivity index (χ0v) is 8.29. The fourth-order valence-corrected chi connectivity index (χ4v) is 2.26. The smallest absolute Gasteiger partial charge is 0.0859 e. The topological polar surface area (TPSA) is 29.5 Å². The van der Waals surface area contributed by atoms with E-state index in [4.69, 9.17) is 4.74 Å². The fourth-order valence-electron chi connectivity index (χ4n) is 2.26. The highest BCUT2D eigenvalue weighted by atomic mass is 16.5. The summed E-state index contributed by atoms with van der Waals surface area (Å²) < 4.78 is 5.51. The zero-order chi connectivity index (χ0) is 9.14. The number of rotatable bonds is 2. The van der Waals surface area contributed by atoms with E-state index < -0.39 is 0 Å². The van der Waals surface area contributed by atoms with Crippen molar-refractivity contribution in [1.29, 1.82) is 0 Å². The standard InChI is InChI=1S/C10H20O2/c1-4-12-10-8(3)5-7(2)6-9(10)11/h7-11H,4-6H2,1-3H3. The van der Waals surface area contributed by atoms with Crippen molar-refractivity contribution in [3.05, 3.63) is 0 Å². The minimum atomic E-state index is -0.247. The van der Waals surface area contributed by atoms with E-state index in [0.717, 1.165) is 6.42 Å². The van der Waals surface area contributed by atoms with E-state index in [0.29, 0.717) is 18.4 Å². The highest BCUT2D eigenvalue weighted by Gasteiger charge is 2.32. The first-order valence-corrected chi connectivity index (χ1v) is 4.94. The molecule has 0 saturated heterocycles. The Morgan fingerprint density at radius 2 is 2.00 bits per heavy atom. The lowest BCUT2D eigenvalue weighted by atomic mass is 9.79. The number of hydrogen-bond donors (Lipinski definition) is 1. The Balaban J connectivity index is 2.48. The molecule has 72 valence electrons. The molecule has 0 aromatic heterocycles. The van der Waals surface area contributed by atoms with Gasteiger partial charge in [0, 0.05) is 6.61 Å². The summed E-state index contributed by atoms with van der Waals surface area (Å²) in [7, 11) is 0.